The molecule has 3 rings (SSSR count). The van der Waals surface area contributed by atoms with E-state index in [2.05, 4.69) is 17.0 Å². The van der Waals surface area contributed by atoms with E-state index in [1.165, 1.54) is 31.4 Å². The number of halogens is 1. The lowest BCUT2D eigenvalue weighted by Crippen LogP contribution is -2.24. The van der Waals surface area contributed by atoms with Gasteiger partial charge in [-0.2, -0.15) is 0 Å². The Balaban J connectivity index is 1.67. The van der Waals surface area contributed by atoms with Gasteiger partial charge < -0.3 is 5.32 Å². The van der Waals surface area contributed by atoms with E-state index >= 15 is 0 Å². The molecule has 0 unspecified atom stereocenters. The smallest absolute Gasteiger partial charge is 0.261 e. The van der Waals surface area contributed by atoms with Crippen LogP contribution >= 0.6 is 0 Å². The molecule has 0 saturated carbocycles. The molecule has 0 saturated heterocycles. The zero-order valence-electron chi connectivity index (χ0n) is 16.4. The first kappa shape index (κ1) is 20.8. The average molecular weight is 405 g/mol. The third-order valence-corrected chi connectivity index (χ3v) is 6.58. The summed E-state index contributed by atoms with van der Waals surface area (Å²) < 4.78 is 42.3. The molecule has 2 N–H and O–H groups in total. The highest BCUT2D eigenvalue weighted by Gasteiger charge is 2.19. The molecule has 6 heteroatoms. The maximum absolute atomic E-state index is 14.5. The van der Waals surface area contributed by atoms with Gasteiger partial charge in [0.1, 0.15) is 5.82 Å². The lowest BCUT2D eigenvalue weighted by Gasteiger charge is -2.18. The van der Waals surface area contributed by atoms with Gasteiger partial charge in [-0.05, 0) is 66.8 Å². The Morgan fingerprint density at radius 3 is 2.64 bits per heavy atom. The highest BCUT2D eigenvalue weighted by atomic mass is 32.2. The second kappa shape index (κ2) is 9.52. The van der Waals surface area contributed by atoms with Crippen LogP contribution in [0.2, 0.25) is 0 Å². The quantitative estimate of drug-likeness (QED) is 0.591. The lowest BCUT2D eigenvalue weighted by atomic mass is 10.0. The fourth-order valence-electron chi connectivity index (χ4n) is 3.55. The number of sulfonamides is 1. The molecule has 1 aliphatic rings. The van der Waals surface area contributed by atoms with Gasteiger partial charge in [0.25, 0.3) is 10.0 Å². The van der Waals surface area contributed by atoms with Gasteiger partial charge in [0.2, 0.25) is 0 Å². The van der Waals surface area contributed by atoms with E-state index in [-0.39, 0.29) is 10.6 Å². The zero-order chi connectivity index (χ0) is 20.0. The number of nitrogens with one attached hydrogen (secondary N) is 2. The van der Waals surface area contributed by atoms with Crippen molar-refractivity contribution in [2.45, 2.75) is 63.3 Å². The number of unbranched alkanes of at least 4 members (excludes halogenated alkanes) is 4. The summed E-state index contributed by atoms with van der Waals surface area (Å²) in [5.41, 5.74) is 3.03. The predicted octanol–water partition coefficient (Wildman–Crippen LogP) is 4.79. The second-order valence-corrected chi connectivity index (χ2v) is 9.12. The fourth-order valence-corrected chi connectivity index (χ4v) is 4.67. The Morgan fingerprint density at radius 1 is 1.04 bits per heavy atom. The zero-order valence-corrected chi connectivity index (χ0v) is 17.2. The topological polar surface area (TPSA) is 58.2 Å². The molecule has 0 amide bonds. The molecule has 2 aromatic carbocycles. The number of anilines is 1. The van der Waals surface area contributed by atoms with Gasteiger partial charge in [-0.25, -0.2) is 12.8 Å². The van der Waals surface area contributed by atoms with E-state index in [0.717, 1.165) is 55.5 Å². The maximum atomic E-state index is 14.5. The summed E-state index contributed by atoms with van der Waals surface area (Å²) in [6.45, 7) is 3.76. The number of aryl methyl sites for hydroxylation is 1. The normalized spacial score (nSPS) is 13.9. The van der Waals surface area contributed by atoms with Gasteiger partial charge in [-0.1, -0.05) is 44.7 Å². The third kappa shape index (κ3) is 5.32. The van der Waals surface area contributed by atoms with Gasteiger partial charge in [-0.15, -0.1) is 0 Å². The van der Waals surface area contributed by atoms with Crippen molar-refractivity contribution in [2.24, 2.45) is 0 Å². The van der Waals surface area contributed by atoms with Crippen LogP contribution in [-0.2, 0) is 29.4 Å². The van der Waals surface area contributed by atoms with E-state index in [0.29, 0.717) is 0 Å². The number of hydrogen-bond donors (Lipinski definition) is 2. The van der Waals surface area contributed by atoms with Crippen LogP contribution in [0.1, 0.15) is 55.7 Å². The third-order valence-electron chi connectivity index (χ3n) is 5.22. The molecule has 0 aromatic heterocycles. The predicted molar refractivity (Wildman–Crippen MR) is 112 cm³/mol. The molecule has 0 spiro atoms. The van der Waals surface area contributed by atoms with Crippen molar-refractivity contribution in [3.63, 3.8) is 0 Å². The molecule has 1 heterocycles. The van der Waals surface area contributed by atoms with Crippen molar-refractivity contribution in [3.05, 3.63) is 58.9 Å². The number of benzene rings is 2. The average Bonchev–Trinajstić information content (AvgIpc) is 2.69. The summed E-state index contributed by atoms with van der Waals surface area (Å²) in [4.78, 5) is 0.174. The molecule has 0 radical (unpaired) electrons. The van der Waals surface area contributed by atoms with E-state index in [9.17, 15) is 12.8 Å². The number of rotatable bonds is 9. The SMILES string of the molecule is CCCCCCCc1ccc(NS(=O)(=O)c2ccc3c(c2)CCNC3)c(F)c1. The molecule has 152 valence electrons. The Morgan fingerprint density at radius 2 is 1.86 bits per heavy atom. The van der Waals surface area contributed by atoms with Crippen LogP contribution in [0, 0.1) is 5.82 Å². The molecule has 0 atom stereocenters. The first-order valence-electron chi connectivity index (χ1n) is 10.1. The van der Waals surface area contributed by atoms with E-state index in [1.54, 1.807) is 18.2 Å². The van der Waals surface area contributed by atoms with Gasteiger partial charge >= 0.3 is 0 Å². The van der Waals surface area contributed by atoms with Crippen LogP contribution in [0.25, 0.3) is 0 Å². The van der Waals surface area contributed by atoms with Crippen LogP contribution in [-0.4, -0.2) is 15.0 Å². The van der Waals surface area contributed by atoms with Gasteiger partial charge in [0.15, 0.2) is 0 Å². The molecule has 1 aliphatic heterocycles. The second-order valence-electron chi connectivity index (χ2n) is 7.44. The largest absolute Gasteiger partial charge is 0.312 e. The maximum Gasteiger partial charge on any atom is 0.261 e. The minimum absolute atomic E-state index is 0.00544. The van der Waals surface area contributed by atoms with Crippen LogP contribution in [0.4, 0.5) is 10.1 Å². The Kier molecular flexibility index (Phi) is 7.08. The monoisotopic (exact) mass is 404 g/mol. The Bertz CT molecular complexity index is 913. The summed E-state index contributed by atoms with van der Waals surface area (Å²) >= 11 is 0. The molecule has 0 bridgehead atoms. The van der Waals surface area contributed by atoms with Gasteiger partial charge in [0.05, 0.1) is 10.6 Å². The summed E-state index contributed by atoms with van der Waals surface area (Å²) in [5, 5.41) is 3.26. The molecular weight excluding hydrogens is 375 g/mol. The molecular formula is C22H29FN2O2S. The highest BCUT2D eigenvalue weighted by Crippen LogP contribution is 2.24. The summed E-state index contributed by atoms with van der Waals surface area (Å²) in [6, 6.07) is 9.87. The Hall–Kier alpha value is -1.92. The van der Waals surface area contributed by atoms with Gasteiger partial charge in [-0.3, -0.25) is 4.72 Å². The molecule has 0 fully saturated rings. The van der Waals surface area contributed by atoms with Crippen molar-refractivity contribution in [1.82, 2.24) is 5.32 Å². The number of hydrogen-bond acceptors (Lipinski definition) is 3. The lowest BCUT2D eigenvalue weighted by molar-refractivity contribution is 0.596. The van der Waals surface area contributed by atoms with Crippen molar-refractivity contribution in [3.8, 4) is 0 Å². The van der Waals surface area contributed by atoms with Crippen LogP contribution in [0.5, 0.6) is 0 Å². The summed E-state index contributed by atoms with van der Waals surface area (Å²) in [6.07, 6.45) is 7.39. The van der Waals surface area contributed by atoms with E-state index in [4.69, 9.17) is 0 Å². The molecule has 28 heavy (non-hydrogen) atoms. The van der Waals surface area contributed by atoms with Crippen LogP contribution in [0.15, 0.2) is 41.3 Å². The Labute approximate surface area is 167 Å². The first-order valence-corrected chi connectivity index (χ1v) is 11.6. The number of fused-ring (bicyclic) bond motifs is 1. The summed E-state index contributed by atoms with van der Waals surface area (Å²) in [7, 11) is -3.82. The first-order chi connectivity index (χ1) is 13.5. The fraction of sp³-hybridized carbons (Fsp3) is 0.455. The van der Waals surface area contributed by atoms with E-state index < -0.39 is 15.8 Å². The highest BCUT2D eigenvalue weighted by molar-refractivity contribution is 7.92. The van der Waals surface area contributed by atoms with Crippen molar-refractivity contribution >= 4 is 15.7 Å². The molecule has 2 aromatic rings. The minimum Gasteiger partial charge on any atom is -0.312 e. The van der Waals surface area contributed by atoms with E-state index in [1.807, 2.05) is 6.07 Å². The molecule has 4 nitrogen and oxygen atoms in total. The van der Waals surface area contributed by atoms with Crippen molar-refractivity contribution < 1.29 is 12.8 Å². The standard InChI is InChI=1S/C22H29FN2O2S/c1-2-3-4-5-6-7-17-8-11-22(21(23)14-17)25-28(26,27)20-10-9-19-16-24-13-12-18(19)15-20/h8-11,14-15,24-25H,2-7,12-13,16H2,1H3. The van der Waals surface area contributed by atoms with Crippen molar-refractivity contribution in [2.75, 3.05) is 11.3 Å². The van der Waals surface area contributed by atoms with Crippen molar-refractivity contribution in [1.29, 1.82) is 0 Å². The van der Waals surface area contributed by atoms with Crippen LogP contribution in [0.3, 0.4) is 0 Å². The molecule has 0 aliphatic carbocycles. The summed E-state index contributed by atoms with van der Waals surface area (Å²) in [5.74, 6) is -0.531. The minimum atomic E-state index is -3.82. The van der Waals surface area contributed by atoms with Gasteiger partial charge in [0, 0.05) is 6.54 Å². The van der Waals surface area contributed by atoms with Crippen LogP contribution < -0.4 is 10.0 Å².